The van der Waals surface area contributed by atoms with Gasteiger partial charge in [-0.1, -0.05) is 0 Å². The van der Waals surface area contributed by atoms with Crippen molar-refractivity contribution in [3.63, 3.8) is 0 Å². The highest BCUT2D eigenvalue weighted by atomic mass is 32.1. The second kappa shape index (κ2) is 1.84. The van der Waals surface area contributed by atoms with Crippen LogP contribution in [0.4, 0.5) is 0 Å². The van der Waals surface area contributed by atoms with E-state index in [-0.39, 0.29) is 0 Å². The summed E-state index contributed by atoms with van der Waals surface area (Å²) in [5.41, 5.74) is 0. The van der Waals surface area contributed by atoms with E-state index in [2.05, 4.69) is 4.98 Å². The number of rotatable bonds is 1. The van der Waals surface area contributed by atoms with Gasteiger partial charge in [0, 0.05) is 16.5 Å². The van der Waals surface area contributed by atoms with Gasteiger partial charge in [0.1, 0.15) is 0 Å². The minimum atomic E-state index is 0.470. The number of H-pyrrole nitrogens is 1. The van der Waals surface area contributed by atoms with Crippen molar-refractivity contribution in [3.8, 4) is 0 Å². The summed E-state index contributed by atoms with van der Waals surface area (Å²) in [6.07, 6.45) is 1.72. The summed E-state index contributed by atoms with van der Waals surface area (Å²) in [5, 5.41) is 0.667. The summed E-state index contributed by atoms with van der Waals surface area (Å²) in [4.78, 5) is 2.74. The maximum absolute atomic E-state index is 9.88. The van der Waals surface area contributed by atoms with E-state index in [1.165, 1.54) is 0 Å². The van der Waals surface area contributed by atoms with Gasteiger partial charge >= 0.3 is 16.7 Å². The summed E-state index contributed by atoms with van der Waals surface area (Å²) >= 11 is 0.470. The first-order valence-corrected chi connectivity index (χ1v) is 2.61. The van der Waals surface area contributed by atoms with Gasteiger partial charge in [-0.3, -0.25) is 0 Å². The number of nitrogens with one attached hydrogen (secondary N) is 1. The van der Waals surface area contributed by atoms with Gasteiger partial charge in [0.2, 0.25) is 0 Å². The van der Waals surface area contributed by atoms with Gasteiger partial charge < -0.3 is 4.98 Å². The van der Waals surface area contributed by atoms with Gasteiger partial charge in [-0.25, -0.2) is 0 Å². The maximum Gasteiger partial charge on any atom is 0.525 e. The van der Waals surface area contributed by atoms with E-state index in [0.29, 0.717) is 16.7 Å². The van der Waals surface area contributed by atoms with Crippen LogP contribution in [0.25, 0.3) is 0 Å². The first-order valence-electron chi connectivity index (χ1n) is 1.86. The van der Waals surface area contributed by atoms with Crippen molar-refractivity contribution in [1.29, 1.82) is 0 Å². The molecule has 1 aromatic heterocycles. The van der Waals surface area contributed by atoms with Crippen LogP contribution >= 0.6 is 0 Å². The molecule has 0 amide bonds. The Morgan fingerprint density at radius 2 is 2.57 bits per heavy atom. The number of hydrogen-bond donors (Lipinski definition) is 1. The summed E-state index contributed by atoms with van der Waals surface area (Å²) < 4.78 is 9.88. The molecule has 7 heavy (non-hydrogen) atoms. The number of aromatic nitrogens is 1. The van der Waals surface area contributed by atoms with Gasteiger partial charge in [0.05, 0.1) is 0 Å². The molecule has 0 radical (unpaired) electrons. The van der Waals surface area contributed by atoms with Crippen molar-refractivity contribution >= 4 is 11.7 Å². The smallest absolute Gasteiger partial charge is 0.311 e. The van der Waals surface area contributed by atoms with Gasteiger partial charge in [-0.15, -0.1) is 0 Å². The van der Waals surface area contributed by atoms with Crippen molar-refractivity contribution in [1.82, 2.24) is 4.98 Å². The molecule has 1 N–H and O–H groups in total. The fourth-order valence-electron chi connectivity index (χ4n) is 0.366. The minimum absolute atomic E-state index is 0.470. The lowest BCUT2D eigenvalue weighted by Gasteiger charge is -1.52. The molecule has 0 fully saturated rings. The standard InChI is InChI=1S/C4H4NOS/c6-7-4-2-1-3-5-4/h1-3,5H/q+1. The highest BCUT2D eigenvalue weighted by molar-refractivity contribution is 7.65. The van der Waals surface area contributed by atoms with Crippen LogP contribution in [0.1, 0.15) is 0 Å². The first-order chi connectivity index (χ1) is 3.43. The molecule has 1 heterocycles. The molecule has 0 aliphatic rings. The second-order valence-electron chi connectivity index (χ2n) is 1.12. The van der Waals surface area contributed by atoms with Crippen molar-refractivity contribution in [3.05, 3.63) is 18.3 Å². The fourth-order valence-corrected chi connectivity index (χ4v) is 0.616. The second-order valence-corrected chi connectivity index (χ2v) is 1.72. The molecule has 0 bridgehead atoms. The monoisotopic (exact) mass is 114 g/mol. The first kappa shape index (κ1) is 4.46. The highest BCUT2D eigenvalue weighted by Gasteiger charge is 2.01. The van der Waals surface area contributed by atoms with Crippen LogP contribution in [0.2, 0.25) is 0 Å². The summed E-state index contributed by atoms with van der Waals surface area (Å²) in [6, 6.07) is 3.53. The van der Waals surface area contributed by atoms with Crippen molar-refractivity contribution in [2.75, 3.05) is 0 Å². The average Bonchev–Trinajstić information content (AvgIpc) is 2.14. The molecular weight excluding hydrogens is 110 g/mol. The van der Waals surface area contributed by atoms with Gasteiger partial charge in [-0.05, 0) is 6.07 Å². The molecule has 0 atom stereocenters. The lowest BCUT2D eigenvalue weighted by molar-refractivity contribution is 0.603. The lowest BCUT2D eigenvalue weighted by Crippen LogP contribution is -1.64. The van der Waals surface area contributed by atoms with Crippen LogP contribution in [0.5, 0.6) is 0 Å². The quantitative estimate of drug-likeness (QED) is 0.538. The van der Waals surface area contributed by atoms with Crippen molar-refractivity contribution in [2.45, 2.75) is 5.03 Å². The average molecular weight is 114 g/mol. The summed E-state index contributed by atoms with van der Waals surface area (Å²) in [5.74, 6) is 0. The van der Waals surface area contributed by atoms with Gasteiger partial charge in [0.25, 0.3) is 0 Å². The minimum Gasteiger partial charge on any atom is -0.311 e. The Kier molecular flexibility index (Phi) is 1.17. The van der Waals surface area contributed by atoms with E-state index in [1.807, 2.05) is 0 Å². The highest BCUT2D eigenvalue weighted by Crippen LogP contribution is 1.90. The zero-order valence-corrected chi connectivity index (χ0v) is 4.37. The van der Waals surface area contributed by atoms with Crippen molar-refractivity contribution in [2.24, 2.45) is 0 Å². The molecule has 0 aliphatic heterocycles. The van der Waals surface area contributed by atoms with Crippen LogP contribution < -0.4 is 0 Å². The topological polar surface area (TPSA) is 32.9 Å². The Labute approximate surface area is 45.0 Å². The molecule has 0 unspecified atom stereocenters. The zero-order chi connectivity index (χ0) is 5.11. The molecule has 1 aromatic rings. The number of aromatic amines is 1. The SMILES string of the molecule is O=[S+]c1ccc[nH]1. The van der Waals surface area contributed by atoms with Crippen LogP contribution in [0.15, 0.2) is 23.4 Å². The Morgan fingerprint density at radius 3 is 2.86 bits per heavy atom. The molecule has 0 aromatic carbocycles. The van der Waals surface area contributed by atoms with E-state index in [9.17, 15) is 4.21 Å². The van der Waals surface area contributed by atoms with E-state index in [1.54, 1.807) is 18.3 Å². The van der Waals surface area contributed by atoms with E-state index >= 15 is 0 Å². The Hall–Kier alpha value is -0.700. The molecule has 0 saturated heterocycles. The van der Waals surface area contributed by atoms with Gasteiger partial charge in [0.15, 0.2) is 0 Å². The number of hydrogen-bond acceptors (Lipinski definition) is 1. The molecule has 1 rings (SSSR count). The third kappa shape index (κ3) is 0.838. The fraction of sp³-hybridized carbons (Fsp3) is 0. The van der Waals surface area contributed by atoms with Crippen LogP contribution in [0, 0.1) is 0 Å². The largest absolute Gasteiger partial charge is 0.525 e. The third-order valence-electron chi connectivity index (χ3n) is 0.659. The van der Waals surface area contributed by atoms with Crippen LogP contribution in [-0.2, 0) is 15.9 Å². The zero-order valence-electron chi connectivity index (χ0n) is 3.55. The Bertz CT molecular complexity index is 147. The van der Waals surface area contributed by atoms with E-state index in [0.717, 1.165) is 0 Å². The molecule has 36 valence electrons. The molecule has 0 spiro atoms. The van der Waals surface area contributed by atoms with Crippen molar-refractivity contribution < 1.29 is 4.21 Å². The molecule has 0 aliphatic carbocycles. The van der Waals surface area contributed by atoms with Crippen LogP contribution in [-0.4, -0.2) is 4.98 Å². The normalized spacial score (nSPS) is 8.57. The van der Waals surface area contributed by atoms with E-state index in [4.69, 9.17) is 0 Å². The predicted molar refractivity (Wildman–Crippen MR) is 27.1 cm³/mol. The molecule has 0 saturated carbocycles. The Balaban J connectivity index is 2.96. The third-order valence-corrected chi connectivity index (χ3v) is 1.09. The summed E-state index contributed by atoms with van der Waals surface area (Å²) in [6.45, 7) is 0. The predicted octanol–water partition coefficient (Wildman–Crippen LogP) is 0.802. The molecule has 2 nitrogen and oxygen atoms in total. The maximum atomic E-state index is 9.88. The lowest BCUT2D eigenvalue weighted by atomic mass is 10.7. The van der Waals surface area contributed by atoms with Crippen LogP contribution in [0.3, 0.4) is 0 Å². The molecule has 3 heteroatoms. The van der Waals surface area contributed by atoms with Gasteiger partial charge in [-0.2, -0.15) is 0 Å². The van der Waals surface area contributed by atoms with E-state index < -0.39 is 0 Å². The Morgan fingerprint density at radius 1 is 1.71 bits per heavy atom. The molecular formula is C4H4NOS+. The summed E-state index contributed by atoms with van der Waals surface area (Å²) in [7, 11) is 0.